The van der Waals surface area contributed by atoms with Gasteiger partial charge in [-0.1, -0.05) is 6.92 Å². The maximum atomic E-state index is 4.77. The molecule has 0 amide bonds. The van der Waals surface area contributed by atoms with Gasteiger partial charge in [-0.05, 0) is 70.8 Å². The molecular weight excluding hydrogens is 515 g/mol. The Morgan fingerprint density at radius 1 is 0.969 bits per heavy atom. The lowest BCUT2D eigenvalue weighted by Crippen LogP contribution is -2.47. The Balaban J connectivity index is 0.00000363. The number of piperazine rings is 1. The summed E-state index contributed by atoms with van der Waals surface area (Å²) in [6, 6.07) is 1.87. The molecule has 0 atom stereocenters. The molecular formula is C23H43IN8. The first-order valence-corrected chi connectivity index (χ1v) is 12.2. The van der Waals surface area contributed by atoms with Crippen molar-refractivity contribution in [2.24, 2.45) is 10.9 Å². The molecule has 1 aromatic heterocycles. The molecule has 8 nitrogen and oxygen atoms in total. The fourth-order valence-corrected chi connectivity index (χ4v) is 4.25. The highest BCUT2D eigenvalue weighted by atomic mass is 127. The Bertz CT molecular complexity index is 628. The van der Waals surface area contributed by atoms with E-state index in [1.54, 1.807) is 0 Å². The van der Waals surface area contributed by atoms with Crippen LogP contribution in [0, 0.1) is 5.92 Å². The number of aliphatic imine (C=N–C) groups is 1. The molecule has 3 rings (SSSR count). The highest BCUT2D eigenvalue weighted by molar-refractivity contribution is 14.0. The van der Waals surface area contributed by atoms with Crippen molar-refractivity contribution < 1.29 is 0 Å². The van der Waals surface area contributed by atoms with Crippen molar-refractivity contribution in [1.82, 2.24) is 30.4 Å². The smallest absolute Gasteiger partial charge is 0.225 e. The summed E-state index contributed by atoms with van der Waals surface area (Å²) in [4.78, 5) is 20.9. The molecule has 1 aromatic rings. The standard InChI is InChI=1S/C23H42N8.HI/c1-3-24-22(25-11-5-13-29-15-7-21(2)8-16-29)26-12-6-14-30-17-19-31(20-18-30)23-27-9-4-10-28-23;/h4,9-10,21H,3,5-8,11-20H2,1-2H3,(H2,24,25,26);1H. The summed E-state index contributed by atoms with van der Waals surface area (Å²) in [5, 5.41) is 6.89. The van der Waals surface area contributed by atoms with Gasteiger partial charge in [0.15, 0.2) is 5.96 Å². The molecule has 0 bridgehead atoms. The second kappa shape index (κ2) is 15.6. The van der Waals surface area contributed by atoms with Crippen molar-refractivity contribution in [2.75, 3.05) is 76.9 Å². The molecule has 182 valence electrons. The molecule has 0 radical (unpaired) electrons. The lowest BCUT2D eigenvalue weighted by molar-refractivity contribution is 0.192. The largest absolute Gasteiger partial charge is 0.357 e. The summed E-state index contributed by atoms with van der Waals surface area (Å²) in [5.74, 6) is 2.71. The van der Waals surface area contributed by atoms with E-state index in [9.17, 15) is 0 Å². The van der Waals surface area contributed by atoms with Gasteiger partial charge < -0.3 is 20.4 Å². The number of nitrogens with zero attached hydrogens (tertiary/aromatic N) is 6. The van der Waals surface area contributed by atoms with Gasteiger partial charge in [0.25, 0.3) is 0 Å². The third kappa shape index (κ3) is 9.74. The van der Waals surface area contributed by atoms with Crippen LogP contribution in [0.25, 0.3) is 0 Å². The summed E-state index contributed by atoms with van der Waals surface area (Å²) in [5.41, 5.74) is 0. The SMILES string of the molecule is CCNC(=NCCCN1CCC(C)CC1)NCCCN1CCN(c2ncccn2)CC1.I. The van der Waals surface area contributed by atoms with Crippen LogP contribution >= 0.6 is 24.0 Å². The molecule has 2 N–H and O–H groups in total. The minimum Gasteiger partial charge on any atom is -0.357 e. The third-order valence-corrected chi connectivity index (χ3v) is 6.27. The highest BCUT2D eigenvalue weighted by Gasteiger charge is 2.18. The van der Waals surface area contributed by atoms with Gasteiger partial charge in [-0.2, -0.15) is 0 Å². The van der Waals surface area contributed by atoms with Crippen LogP contribution < -0.4 is 15.5 Å². The summed E-state index contributed by atoms with van der Waals surface area (Å²) in [6.07, 6.45) is 8.60. The number of nitrogens with one attached hydrogen (secondary N) is 2. The minimum atomic E-state index is 0. The number of rotatable bonds is 10. The summed E-state index contributed by atoms with van der Waals surface area (Å²) in [7, 11) is 0. The third-order valence-electron chi connectivity index (χ3n) is 6.27. The number of aromatic nitrogens is 2. The van der Waals surface area contributed by atoms with E-state index in [1.165, 1.54) is 32.5 Å². The number of likely N-dealkylation sites (tertiary alicyclic amines) is 1. The van der Waals surface area contributed by atoms with Crippen molar-refractivity contribution in [2.45, 2.75) is 39.5 Å². The Morgan fingerprint density at radius 2 is 1.62 bits per heavy atom. The predicted octanol–water partition coefficient (Wildman–Crippen LogP) is 2.28. The minimum absolute atomic E-state index is 0. The van der Waals surface area contributed by atoms with Crippen molar-refractivity contribution in [1.29, 1.82) is 0 Å². The molecule has 9 heteroatoms. The van der Waals surface area contributed by atoms with E-state index >= 15 is 0 Å². The zero-order chi connectivity index (χ0) is 21.7. The number of guanidine groups is 1. The number of anilines is 1. The number of hydrogen-bond acceptors (Lipinski definition) is 6. The molecule has 0 saturated carbocycles. The van der Waals surface area contributed by atoms with Crippen LogP contribution in [-0.2, 0) is 0 Å². The quantitative estimate of drug-likeness (QED) is 0.198. The first-order chi connectivity index (χ1) is 15.2. The van der Waals surface area contributed by atoms with E-state index in [0.717, 1.165) is 83.0 Å². The first kappa shape index (κ1) is 27.0. The zero-order valence-electron chi connectivity index (χ0n) is 20.0. The predicted molar refractivity (Wildman–Crippen MR) is 144 cm³/mol. The molecule has 2 aliphatic heterocycles. The average molecular weight is 559 g/mol. The summed E-state index contributed by atoms with van der Waals surface area (Å²) < 4.78 is 0. The van der Waals surface area contributed by atoms with Gasteiger partial charge in [-0.25, -0.2) is 9.97 Å². The van der Waals surface area contributed by atoms with Crippen LogP contribution in [0.3, 0.4) is 0 Å². The molecule has 0 unspecified atom stereocenters. The van der Waals surface area contributed by atoms with Crippen LogP contribution in [0.4, 0.5) is 5.95 Å². The number of halogens is 1. The van der Waals surface area contributed by atoms with Crippen molar-refractivity contribution in [3.05, 3.63) is 18.5 Å². The highest BCUT2D eigenvalue weighted by Crippen LogP contribution is 2.15. The van der Waals surface area contributed by atoms with Gasteiger partial charge in [0.1, 0.15) is 0 Å². The number of piperidine rings is 1. The summed E-state index contributed by atoms with van der Waals surface area (Å²) >= 11 is 0. The maximum absolute atomic E-state index is 4.77. The van der Waals surface area contributed by atoms with Gasteiger partial charge in [-0.3, -0.25) is 9.89 Å². The van der Waals surface area contributed by atoms with Crippen molar-refractivity contribution >= 4 is 35.9 Å². The molecule has 32 heavy (non-hydrogen) atoms. The van der Waals surface area contributed by atoms with Gasteiger partial charge >= 0.3 is 0 Å². The Kier molecular flexibility index (Phi) is 13.2. The van der Waals surface area contributed by atoms with Crippen LogP contribution in [0.15, 0.2) is 23.5 Å². The van der Waals surface area contributed by atoms with E-state index < -0.39 is 0 Å². The van der Waals surface area contributed by atoms with E-state index in [0.29, 0.717) is 0 Å². The van der Waals surface area contributed by atoms with Gasteiger partial charge in [0.2, 0.25) is 5.95 Å². The van der Waals surface area contributed by atoms with Crippen LogP contribution in [-0.4, -0.2) is 97.7 Å². The molecule has 3 heterocycles. The molecule has 2 fully saturated rings. The second-order valence-corrected chi connectivity index (χ2v) is 8.80. The van der Waals surface area contributed by atoms with Crippen molar-refractivity contribution in [3.8, 4) is 0 Å². The normalized spacial score (nSPS) is 18.9. The Labute approximate surface area is 211 Å². The van der Waals surface area contributed by atoms with Gasteiger partial charge in [0.05, 0.1) is 0 Å². The average Bonchev–Trinajstić information content (AvgIpc) is 2.81. The lowest BCUT2D eigenvalue weighted by Gasteiger charge is -2.34. The maximum Gasteiger partial charge on any atom is 0.225 e. The topological polar surface area (TPSA) is 71.9 Å². The van der Waals surface area contributed by atoms with Crippen LogP contribution in [0.1, 0.15) is 39.5 Å². The van der Waals surface area contributed by atoms with Crippen LogP contribution in [0.5, 0.6) is 0 Å². The first-order valence-electron chi connectivity index (χ1n) is 12.2. The fraction of sp³-hybridized carbons (Fsp3) is 0.783. The molecule has 2 saturated heterocycles. The molecule has 0 aromatic carbocycles. The van der Waals surface area contributed by atoms with E-state index in [1.807, 2.05) is 18.5 Å². The fourth-order valence-electron chi connectivity index (χ4n) is 4.25. The van der Waals surface area contributed by atoms with Crippen LogP contribution in [0.2, 0.25) is 0 Å². The lowest BCUT2D eigenvalue weighted by atomic mass is 9.99. The van der Waals surface area contributed by atoms with E-state index in [-0.39, 0.29) is 24.0 Å². The zero-order valence-corrected chi connectivity index (χ0v) is 22.3. The monoisotopic (exact) mass is 558 g/mol. The molecule has 2 aliphatic rings. The number of hydrogen-bond donors (Lipinski definition) is 2. The van der Waals surface area contributed by atoms with Crippen molar-refractivity contribution in [3.63, 3.8) is 0 Å². The second-order valence-electron chi connectivity index (χ2n) is 8.80. The van der Waals surface area contributed by atoms with E-state index in [4.69, 9.17) is 4.99 Å². The van der Waals surface area contributed by atoms with E-state index in [2.05, 4.69) is 49.1 Å². The summed E-state index contributed by atoms with van der Waals surface area (Å²) in [6.45, 7) is 16.2. The molecule has 0 aliphatic carbocycles. The van der Waals surface area contributed by atoms with Gasteiger partial charge in [-0.15, -0.1) is 24.0 Å². The van der Waals surface area contributed by atoms with Gasteiger partial charge in [0, 0.05) is 58.2 Å². The molecule has 0 spiro atoms. The Morgan fingerprint density at radius 3 is 2.31 bits per heavy atom. The Hall–Kier alpha value is -1.20.